The topological polar surface area (TPSA) is 36.1 Å². The van der Waals surface area contributed by atoms with Gasteiger partial charge in [-0.1, -0.05) is 18.2 Å². The summed E-state index contributed by atoms with van der Waals surface area (Å²) >= 11 is 0. The normalized spacial score (nSPS) is 20.4. The van der Waals surface area contributed by atoms with Gasteiger partial charge in [0.05, 0.1) is 0 Å². The third-order valence-electron chi connectivity index (χ3n) is 5.83. The fraction of sp³-hybridized carbons (Fsp3) is 0.286. The van der Waals surface area contributed by atoms with Gasteiger partial charge in [0.1, 0.15) is 17.7 Å². The van der Waals surface area contributed by atoms with Crippen LogP contribution in [0.2, 0.25) is 0 Å². The lowest BCUT2D eigenvalue weighted by atomic mass is 9.83. The number of benzene rings is 2. The van der Waals surface area contributed by atoms with Crippen LogP contribution in [0.3, 0.4) is 0 Å². The number of carbonyl (C=O) groups excluding carboxylic acids is 1. The Labute approximate surface area is 149 Å². The van der Waals surface area contributed by atoms with Crippen molar-refractivity contribution in [2.24, 2.45) is 0 Å². The summed E-state index contributed by atoms with van der Waals surface area (Å²) in [5, 5.41) is 1.12. The Hall–Kier alpha value is -2.69. The number of halogens is 2. The standard InChI is InChI=1S/C21H18F2N2O/c1-12(26)25-11-21(8-9-21)18-14-4-2-3-5-17(14)24-19(18)20(25)15-10-13(22)6-7-16(15)23/h2-7,10,20,24H,8-9,11H2,1H3. The van der Waals surface area contributed by atoms with Crippen LogP contribution in [-0.4, -0.2) is 22.3 Å². The number of hydrogen-bond acceptors (Lipinski definition) is 1. The molecule has 132 valence electrons. The van der Waals surface area contributed by atoms with Gasteiger partial charge >= 0.3 is 0 Å². The van der Waals surface area contributed by atoms with Crippen molar-refractivity contribution in [1.82, 2.24) is 9.88 Å². The number of para-hydroxylation sites is 1. The third kappa shape index (κ3) is 2.06. The van der Waals surface area contributed by atoms with Crippen LogP contribution in [0.4, 0.5) is 8.78 Å². The van der Waals surface area contributed by atoms with Crippen LogP contribution >= 0.6 is 0 Å². The summed E-state index contributed by atoms with van der Waals surface area (Å²) in [5.41, 5.74) is 3.08. The van der Waals surface area contributed by atoms with Crippen molar-refractivity contribution < 1.29 is 13.6 Å². The molecule has 2 aliphatic rings. The molecule has 1 aliphatic carbocycles. The maximum atomic E-state index is 14.6. The summed E-state index contributed by atoms with van der Waals surface area (Å²) in [7, 11) is 0. The summed E-state index contributed by atoms with van der Waals surface area (Å²) in [6, 6.07) is 10.8. The minimum atomic E-state index is -0.642. The van der Waals surface area contributed by atoms with E-state index in [1.54, 1.807) is 4.90 Å². The van der Waals surface area contributed by atoms with E-state index in [0.717, 1.165) is 41.6 Å². The van der Waals surface area contributed by atoms with Gasteiger partial charge in [-0.25, -0.2) is 8.78 Å². The first kappa shape index (κ1) is 15.6. The van der Waals surface area contributed by atoms with Crippen molar-refractivity contribution in [2.45, 2.75) is 31.2 Å². The van der Waals surface area contributed by atoms with Crippen LogP contribution in [0.15, 0.2) is 42.5 Å². The lowest BCUT2D eigenvalue weighted by molar-refractivity contribution is -0.131. The Morgan fingerprint density at radius 1 is 1.19 bits per heavy atom. The Kier molecular flexibility index (Phi) is 3.09. The molecular formula is C21H18F2N2O. The van der Waals surface area contributed by atoms with E-state index in [0.29, 0.717) is 6.54 Å². The van der Waals surface area contributed by atoms with Crippen LogP contribution in [0.5, 0.6) is 0 Å². The molecular weight excluding hydrogens is 334 g/mol. The van der Waals surface area contributed by atoms with Gasteiger partial charge in [0, 0.05) is 41.0 Å². The number of carbonyl (C=O) groups is 1. The highest BCUT2D eigenvalue weighted by atomic mass is 19.1. The molecule has 1 N–H and O–H groups in total. The zero-order valence-electron chi connectivity index (χ0n) is 14.4. The summed E-state index contributed by atoms with van der Waals surface area (Å²) in [6.07, 6.45) is 2.01. The molecule has 0 bridgehead atoms. The third-order valence-corrected chi connectivity index (χ3v) is 5.83. The molecule has 0 saturated heterocycles. The molecule has 3 aromatic rings. The fourth-order valence-corrected chi connectivity index (χ4v) is 4.49. The molecule has 1 unspecified atom stereocenters. The SMILES string of the molecule is CC(=O)N1CC2(CC2)c2c([nH]c3ccccc23)C1c1cc(F)ccc1F. The van der Waals surface area contributed by atoms with Gasteiger partial charge < -0.3 is 9.88 Å². The summed E-state index contributed by atoms with van der Waals surface area (Å²) in [5.74, 6) is -1.14. The number of aromatic nitrogens is 1. The van der Waals surface area contributed by atoms with Gasteiger partial charge in [-0.2, -0.15) is 0 Å². The molecule has 0 radical (unpaired) electrons. The highest BCUT2D eigenvalue weighted by Crippen LogP contribution is 2.57. The van der Waals surface area contributed by atoms with Crippen LogP contribution in [0.1, 0.15) is 42.6 Å². The highest BCUT2D eigenvalue weighted by molar-refractivity contribution is 5.88. The van der Waals surface area contributed by atoms with Gasteiger partial charge in [-0.15, -0.1) is 0 Å². The summed E-state index contributed by atoms with van der Waals surface area (Å²) in [6.45, 7) is 2.03. The van der Waals surface area contributed by atoms with E-state index in [2.05, 4.69) is 11.1 Å². The summed E-state index contributed by atoms with van der Waals surface area (Å²) < 4.78 is 28.5. The van der Waals surface area contributed by atoms with Crippen molar-refractivity contribution in [3.05, 3.63) is 70.9 Å². The first-order valence-electron chi connectivity index (χ1n) is 8.83. The Bertz CT molecular complexity index is 1050. The Morgan fingerprint density at radius 2 is 1.96 bits per heavy atom. The number of nitrogens with zero attached hydrogens (tertiary/aromatic N) is 1. The Morgan fingerprint density at radius 3 is 2.69 bits per heavy atom. The number of amides is 1. The molecule has 5 heteroatoms. The van der Waals surface area contributed by atoms with Crippen molar-refractivity contribution in [1.29, 1.82) is 0 Å². The van der Waals surface area contributed by atoms with Crippen LogP contribution in [0, 0.1) is 11.6 Å². The van der Waals surface area contributed by atoms with E-state index >= 15 is 0 Å². The lowest BCUT2D eigenvalue weighted by Gasteiger charge is -2.40. The number of fused-ring (bicyclic) bond motifs is 4. The molecule has 2 aromatic carbocycles. The smallest absolute Gasteiger partial charge is 0.220 e. The zero-order chi connectivity index (χ0) is 18.1. The van der Waals surface area contributed by atoms with E-state index in [4.69, 9.17) is 0 Å². The molecule has 3 nitrogen and oxygen atoms in total. The maximum Gasteiger partial charge on any atom is 0.220 e. The number of nitrogens with one attached hydrogen (secondary N) is 1. The summed E-state index contributed by atoms with van der Waals surface area (Å²) in [4.78, 5) is 17.5. The minimum Gasteiger partial charge on any atom is -0.356 e. The molecule has 1 aromatic heterocycles. The quantitative estimate of drug-likeness (QED) is 0.691. The highest BCUT2D eigenvalue weighted by Gasteiger charge is 2.54. The molecule has 1 aliphatic heterocycles. The number of rotatable bonds is 1. The second-order valence-electron chi connectivity index (χ2n) is 7.45. The predicted octanol–water partition coefficient (Wildman–Crippen LogP) is 4.43. The molecule has 2 heterocycles. The monoisotopic (exact) mass is 352 g/mol. The van der Waals surface area contributed by atoms with Crippen molar-refractivity contribution >= 4 is 16.8 Å². The van der Waals surface area contributed by atoms with E-state index in [1.165, 1.54) is 18.6 Å². The van der Waals surface area contributed by atoms with Gasteiger partial charge in [-0.05, 0) is 42.7 Å². The largest absolute Gasteiger partial charge is 0.356 e. The minimum absolute atomic E-state index is 0.0685. The van der Waals surface area contributed by atoms with E-state index < -0.39 is 17.7 Å². The van der Waals surface area contributed by atoms with Crippen LogP contribution in [0.25, 0.3) is 10.9 Å². The average molecular weight is 352 g/mol. The zero-order valence-corrected chi connectivity index (χ0v) is 14.4. The Balaban J connectivity index is 1.82. The van der Waals surface area contributed by atoms with E-state index in [-0.39, 0.29) is 16.9 Å². The van der Waals surface area contributed by atoms with E-state index in [1.807, 2.05) is 18.2 Å². The molecule has 1 fully saturated rings. The van der Waals surface area contributed by atoms with Gasteiger partial charge in [0.15, 0.2) is 0 Å². The van der Waals surface area contributed by atoms with Crippen molar-refractivity contribution in [3.8, 4) is 0 Å². The lowest BCUT2D eigenvalue weighted by Crippen LogP contribution is -2.44. The number of aromatic amines is 1. The average Bonchev–Trinajstić information content (AvgIpc) is 3.26. The molecule has 26 heavy (non-hydrogen) atoms. The molecule has 1 saturated carbocycles. The molecule has 1 spiro atoms. The van der Waals surface area contributed by atoms with Crippen molar-refractivity contribution in [3.63, 3.8) is 0 Å². The maximum absolute atomic E-state index is 14.6. The molecule has 5 rings (SSSR count). The van der Waals surface area contributed by atoms with Crippen LogP contribution in [-0.2, 0) is 10.2 Å². The fourth-order valence-electron chi connectivity index (χ4n) is 4.49. The molecule has 1 atom stereocenters. The van der Waals surface area contributed by atoms with E-state index in [9.17, 15) is 13.6 Å². The second-order valence-corrected chi connectivity index (χ2v) is 7.45. The number of hydrogen-bond donors (Lipinski definition) is 1. The first-order valence-corrected chi connectivity index (χ1v) is 8.83. The van der Waals surface area contributed by atoms with Crippen LogP contribution < -0.4 is 0 Å². The second kappa shape index (κ2) is 5.16. The van der Waals surface area contributed by atoms with Crippen molar-refractivity contribution in [2.75, 3.05) is 6.54 Å². The molecule has 1 amide bonds. The first-order chi connectivity index (χ1) is 12.5. The van der Waals surface area contributed by atoms with Gasteiger partial charge in [-0.3, -0.25) is 4.79 Å². The predicted molar refractivity (Wildman–Crippen MR) is 94.8 cm³/mol. The van der Waals surface area contributed by atoms with Gasteiger partial charge in [0.25, 0.3) is 0 Å². The van der Waals surface area contributed by atoms with Gasteiger partial charge in [0.2, 0.25) is 5.91 Å². The number of H-pyrrole nitrogens is 1.